The number of hydrogen-bond donors (Lipinski definition) is 1. The smallest absolute Gasteiger partial charge is 0.150 e. The molecule has 0 bridgehead atoms. The van der Waals surface area contributed by atoms with Crippen molar-refractivity contribution >= 4 is 25.8 Å². The van der Waals surface area contributed by atoms with Crippen LogP contribution in [0.2, 0.25) is 0 Å². The zero-order valence-corrected chi connectivity index (χ0v) is 13.5. The largest absolute Gasteiger partial charge is 0.313 e. The van der Waals surface area contributed by atoms with Crippen LogP contribution in [0.3, 0.4) is 0 Å². The molecule has 0 aromatic heterocycles. The summed E-state index contributed by atoms with van der Waals surface area (Å²) in [6, 6.07) is 4.89. The van der Waals surface area contributed by atoms with Gasteiger partial charge in [-0.2, -0.15) is 0 Å². The lowest BCUT2D eigenvalue weighted by Crippen LogP contribution is -2.18. The van der Waals surface area contributed by atoms with E-state index in [4.69, 9.17) is 0 Å². The molecule has 1 rings (SSSR count). The van der Waals surface area contributed by atoms with Crippen LogP contribution in [0.15, 0.2) is 22.7 Å². The monoisotopic (exact) mass is 351 g/mol. The van der Waals surface area contributed by atoms with E-state index in [0.717, 1.165) is 5.56 Å². The molecule has 0 saturated heterocycles. The standard InChI is InChI=1S/C13H19BrFNO2S/c1-3-19(17,18)8-4-5-13(16-2)10-6-7-12(15)11(14)9-10/h6-7,9,13,16H,3-5,8H2,1-2H3. The van der Waals surface area contributed by atoms with Crippen molar-refractivity contribution in [1.82, 2.24) is 5.32 Å². The van der Waals surface area contributed by atoms with Crippen LogP contribution in [-0.2, 0) is 9.84 Å². The molecule has 1 atom stereocenters. The van der Waals surface area contributed by atoms with E-state index >= 15 is 0 Å². The van der Waals surface area contributed by atoms with Gasteiger partial charge >= 0.3 is 0 Å². The topological polar surface area (TPSA) is 46.2 Å². The number of sulfone groups is 1. The summed E-state index contributed by atoms with van der Waals surface area (Å²) >= 11 is 3.16. The maximum atomic E-state index is 13.2. The van der Waals surface area contributed by atoms with Crippen LogP contribution in [-0.4, -0.2) is 27.0 Å². The summed E-state index contributed by atoms with van der Waals surface area (Å²) in [6.07, 6.45) is 1.30. The molecule has 0 aliphatic rings. The van der Waals surface area contributed by atoms with E-state index < -0.39 is 9.84 Å². The second-order valence-corrected chi connectivity index (χ2v) is 7.72. The second-order valence-electron chi connectivity index (χ2n) is 4.39. The number of halogens is 2. The van der Waals surface area contributed by atoms with Crippen LogP contribution in [0, 0.1) is 5.82 Å². The van der Waals surface area contributed by atoms with Crippen molar-refractivity contribution in [3.63, 3.8) is 0 Å². The van der Waals surface area contributed by atoms with Crippen molar-refractivity contribution in [3.05, 3.63) is 34.1 Å². The highest BCUT2D eigenvalue weighted by Gasteiger charge is 2.13. The lowest BCUT2D eigenvalue weighted by molar-refractivity contribution is 0.533. The fraction of sp³-hybridized carbons (Fsp3) is 0.538. The third-order valence-electron chi connectivity index (χ3n) is 3.08. The Morgan fingerprint density at radius 1 is 1.42 bits per heavy atom. The van der Waals surface area contributed by atoms with E-state index in [1.807, 2.05) is 7.05 Å². The van der Waals surface area contributed by atoms with Gasteiger partial charge in [0.25, 0.3) is 0 Å². The highest BCUT2D eigenvalue weighted by Crippen LogP contribution is 2.24. The van der Waals surface area contributed by atoms with Crippen LogP contribution < -0.4 is 5.32 Å². The molecule has 0 aliphatic carbocycles. The highest BCUT2D eigenvalue weighted by atomic mass is 79.9. The van der Waals surface area contributed by atoms with Crippen LogP contribution in [0.1, 0.15) is 31.4 Å². The SMILES string of the molecule is CCS(=O)(=O)CCCC(NC)c1ccc(F)c(Br)c1. The van der Waals surface area contributed by atoms with Gasteiger partial charge in [-0.05, 0) is 53.5 Å². The van der Waals surface area contributed by atoms with E-state index in [1.54, 1.807) is 19.1 Å². The normalized spacial score (nSPS) is 13.5. The second kappa shape index (κ2) is 7.36. The van der Waals surface area contributed by atoms with Crippen molar-refractivity contribution in [2.24, 2.45) is 0 Å². The first-order valence-electron chi connectivity index (χ1n) is 6.22. The summed E-state index contributed by atoms with van der Waals surface area (Å²) in [7, 11) is -1.10. The molecule has 1 aromatic rings. The van der Waals surface area contributed by atoms with Crippen LogP contribution in [0.25, 0.3) is 0 Å². The van der Waals surface area contributed by atoms with Gasteiger partial charge in [0.05, 0.1) is 10.2 Å². The summed E-state index contributed by atoms with van der Waals surface area (Å²) in [5.41, 5.74) is 0.949. The first kappa shape index (κ1) is 16.6. The molecule has 1 N–H and O–H groups in total. The Kier molecular flexibility index (Phi) is 6.42. The number of benzene rings is 1. The van der Waals surface area contributed by atoms with E-state index in [1.165, 1.54) is 6.07 Å². The Morgan fingerprint density at radius 3 is 2.63 bits per heavy atom. The fourth-order valence-electron chi connectivity index (χ4n) is 1.86. The number of rotatable bonds is 7. The Bertz CT molecular complexity index is 519. The van der Waals surface area contributed by atoms with Crippen molar-refractivity contribution in [1.29, 1.82) is 0 Å². The number of nitrogens with one attached hydrogen (secondary N) is 1. The van der Waals surface area contributed by atoms with Gasteiger partial charge in [-0.15, -0.1) is 0 Å². The molecule has 0 fully saturated rings. The van der Waals surface area contributed by atoms with E-state index in [2.05, 4.69) is 21.2 Å². The van der Waals surface area contributed by atoms with Crippen molar-refractivity contribution in [3.8, 4) is 0 Å². The molecule has 3 nitrogen and oxygen atoms in total. The molecular formula is C13H19BrFNO2S. The van der Waals surface area contributed by atoms with Gasteiger partial charge < -0.3 is 5.32 Å². The summed E-state index contributed by atoms with van der Waals surface area (Å²) in [5.74, 6) is 0.0794. The zero-order valence-electron chi connectivity index (χ0n) is 11.1. The molecular weight excluding hydrogens is 333 g/mol. The zero-order chi connectivity index (χ0) is 14.5. The summed E-state index contributed by atoms with van der Waals surface area (Å²) in [6.45, 7) is 1.65. The number of hydrogen-bond acceptors (Lipinski definition) is 3. The first-order valence-corrected chi connectivity index (χ1v) is 8.83. The minimum absolute atomic E-state index is 0.0314. The minimum atomic E-state index is -2.92. The maximum Gasteiger partial charge on any atom is 0.150 e. The molecule has 0 aliphatic heterocycles. The average molecular weight is 352 g/mol. The minimum Gasteiger partial charge on any atom is -0.313 e. The molecule has 0 saturated carbocycles. The molecule has 0 spiro atoms. The molecule has 0 amide bonds. The van der Waals surface area contributed by atoms with Gasteiger partial charge in [-0.25, -0.2) is 12.8 Å². The Balaban J connectivity index is 2.66. The van der Waals surface area contributed by atoms with Gasteiger partial charge in [0.2, 0.25) is 0 Å². The highest BCUT2D eigenvalue weighted by molar-refractivity contribution is 9.10. The molecule has 19 heavy (non-hydrogen) atoms. The quantitative estimate of drug-likeness (QED) is 0.820. The molecule has 0 radical (unpaired) electrons. The summed E-state index contributed by atoms with van der Waals surface area (Å²) in [4.78, 5) is 0. The van der Waals surface area contributed by atoms with Gasteiger partial charge in [-0.1, -0.05) is 13.0 Å². The van der Waals surface area contributed by atoms with Crippen LogP contribution >= 0.6 is 15.9 Å². The third-order valence-corrected chi connectivity index (χ3v) is 5.48. The third kappa shape index (κ3) is 5.20. The predicted molar refractivity (Wildman–Crippen MR) is 79.5 cm³/mol. The molecule has 108 valence electrons. The van der Waals surface area contributed by atoms with Crippen LogP contribution in [0.5, 0.6) is 0 Å². The van der Waals surface area contributed by atoms with Crippen molar-refractivity contribution in [2.45, 2.75) is 25.8 Å². The lowest BCUT2D eigenvalue weighted by atomic mass is 10.0. The van der Waals surface area contributed by atoms with Gasteiger partial charge in [0.1, 0.15) is 15.7 Å². The van der Waals surface area contributed by atoms with Crippen LogP contribution in [0.4, 0.5) is 4.39 Å². The van der Waals surface area contributed by atoms with E-state index in [0.29, 0.717) is 17.3 Å². The average Bonchev–Trinajstić information content (AvgIpc) is 2.38. The Labute approximate surface area is 122 Å². The van der Waals surface area contributed by atoms with Crippen molar-refractivity contribution in [2.75, 3.05) is 18.6 Å². The predicted octanol–water partition coefficient (Wildman–Crippen LogP) is 3.06. The maximum absolute atomic E-state index is 13.2. The first-order chi connectivity index (χ1) is 8.89. The van der Waals surface area contributed by atoms with E-state index in [9.17, 15) is 12.8 Å². The van der Waals surface area contributed by atoms with Gasteiger partial charge in [-0.3, -0.25) is 0 Å². The molecule has 1 unspecified atom stereocenters. The molecule has 0 heterocycles. The molecule has 6 heteroatoms. The Morgan fingerprint density at radius 2 is 2.11 bits per heavy atom. The fourth-order valence-corrected chi connectivity index (χ4v) is 3.15. The molecule has 1 aromatic carbocycles. The Hall–Kier alpha value is -0.460. The van der Waals surface area contributed by atoms with Gasteiger partial charge in [0.15, 0.2) is 0 Å². The summed E-state index contributed by atoms with van der Waals surface area (Å²) in [5, 5.41) is 3.13. The van der Waals surface area contributed by atoms with E-state index in [-0.39, 0.29) is 23.4 Å². The van der Waals surface area contributed by atoms with Gasteiger partial charge in [0, 0.05) is 11.8 Å². The summed E-state index contributed by atoms with van der Waals surface area (Å²) < 4.78 is 36.4. The van der Waals surface area contributed by atoms with Crippen molar-refractivity contribution < 1.29 is 12.8 Å². The lowest BCUT2D eigenvalue weighted by Gasteiger charge is -2.17.